The van der Waals surface area contributed by atoms with Gasteiger partial charge in [-0.1, -0.05) is 6.07 Å². The van der Waals surface area contributed by atoms with E-state index in [0.717, 1.165) is 10.9 Å². The van der Waals surface area contributed by atoms with Gasteiger partial charge in [0.05, 0.1) is 12.7 Å². The Bertz CT molecular complexity index is 1060. The van der Waals surface area contributed by atoms with Crippen LogP contribution in [0, 0.1) is 6.92 Å². The number of benzene rings is 2. The SMILES string of the molecule is COC(=O)c1cccc(NC(=S)Nc2ccc3c(C)cc(=O)oc3c2)c1. The van der Waals surface area contributed by atoms with Gasteiger partial charge in [-0.05, 0) is 55.0 Å². The minimum Gasteiger partial charge on any atom is -0.465 e. The number of esters is 1. The fourth-order valence-electron chi connectivity index (χ4n) is 2.54. The van der Waals surface area contributed by atoms with Crippen LogP contribution in [0.15, 0.2) is 57.7 Å². The molecule has 1 heterocycles. The average Bonchev–Trinajstić information content (AvgIpc) is 2.60. The quantitative estimate of drug-likeness (QED) is 0.414. The molecule has 3 aromatic rings. The Balaban J connectivity index is 1.77. The van der Waals surface area contributed by atoms with E-state index < -0.39 is 11.6 Å². The van der Waals surface area contributed by atoms with Gasteiger partial charge < -0.3 is 19.8 Å². The Morgan fingerprint density at radius 1 is 1.08 bits per heavy atom. The molecule has 0 saturated carbocycles. The van der Waals surface area contributed by atoms with Crippen molar-refractivity contribution in [3.8, 4) is 0 Å². The van der Waals surface area contributed by atoms with Gasteiger partial charge in [0.1, 0.15) is 5.58 Å². The lowest BCUT2D eigenvalue weighted by atomic mass is 10.1. The first-order chi connectivity index (χ1) is 12.5. The van der Waals surface area contributed by atoms with Gasteiger partial charge in [0.25, 0.3) is 0 Å². The van der Waals surface area contributed by atoms with E-state index in [1.807, 2.05) is 19.1 Å². The van der Waals surface area contributed by atoms with Gasteiger partial charge >= 0.3 is 11.6 Å². The summed E-state index contributed by atoms with van der Waals surface area (Å²) in [7, 11) is 1.33. The Morgan fingerprint density at radius 3 is 2.54 bits per heavy atom. The van der Waals surface area contributed by atoms with E-state index in [-0.39, 0.29) is 0 Å². The van der Waals surface area contributed by atoms with Crippen LogP contribution < -0.4 is 16.3 Å². The maximum Gasteiger partial charge on any atom is 0.337 e. The van der Waals surface area contributed by atoms with Crippen LogP contribution in [-0.2, 0) is 4.74 Å². The number of nitrogens with one attached hydrogen (secondary N) is 2. The minimum absolute atomic E-state index is 0.335. The molecule has 0 unspecified atom stereocenters. The number of rotatable bonds is 3. The second-order valence-electron chi connectivity index (χ2n) is 5.61. The Hall–Kier alpha value is -3.19. The van der Waals surface area contributed by atoms with E-state index in [9.17, 15) is 9.59 Å². The van der Waals surface area contributed by atoms with Crippen molar-refractivity contribution in [2.45, 2.75) is 6.92 Å². The molecule has 2 aromatic carbocycles. The smallest absolute Gasteiger partial charge is 0.337 e. The topological polar surface area (TPSA) is 80.6 Å². The third-order valence-corrected chi connectivity index (χ3v) is 3.95. The van der Waals surface area contributed by atoms with Gasteiger partial charge in [-0.3, -0.25) is 0 Å². The highest BCUT2D eigenvalue weighted by Gasteiger charge is 2.08. The predicted molar refractivity (Wildman–Crippen MR) is 105 cm³/mol. The van der Waals surface area contributed by atoms with Crippen molar-refractivity contribution in [2.75, 3.05) is 17.7 Å². The number of hydrogen-bond acceptors (Lipinski definition) is 5. The molecule has 6 nitrogen and oxygen atoms in total. The minimum atomic E-state index is -0.424. The van der Waals surface area contributed by atoms with Crippen molar-refractivity contribution in [3.05, 3.63) is 70.1 Å². The zero-order valence-electron chi connectivity index (χ0n) is 14.2. The normalized spacial score (nSPS) is 10.4. The summed E-state index contributed by atoms with van der Waals surface area (Å²) in [5, 5.41) is 7.22. The van der Waals surface area contributed by atoms with E-state index in [2.05, 4.69) is 10.6 Å². The zero-order valence-corrected chi connectivity index (χ0v) is 15.0. The molecule has 3 rings (SSSR count). The molecule has 0 bridgehead atoms. The van der Waals surface area contributed by atoms with Gasteiger partial charge in [-0.25, -0.2) is 9.59 Å². The Morgan fingerprint density at radius 2 is 1.81 bits per heavy atom. The summed E-state index contributed by atoms with van der Waals surface area (Å²) < 4.78 is 9.93. The Labute approximate surface area is 154 Å². The molecule has 0 aliphatic rings. The molecule has 0 saturated heterocycles. The first-order valence-electron chi connectivity index (χ1n) is 7.77. The fraction of sp³-hybridized carbons (Fsp3) is 0.105. The number of ether oxygens (including phenoxy) is 1. The highest BCUT2D eigenvalue weighted by Crippen LogP contribution is 2.21. The number of carbonyl (C=O) groups excluding carboxylic acids is 1. The van der Waals surface area contributed by atoms with Crippen LogP contribution >= 0.6 is 12.2 Å². The maximum atomic E-state index is 11.6. The second-order valence-corrected chi connectivity index (χ2v) is 6.02. The number of fused-ring (bicyclic) bond motifs is 1. The molecule has 0 amide bonds. The third kappa shape index (κ3) is 3.89. The molecule has 1 aromatic heterocycles. The number of aryl methyl sites for hydroxylation is 1. The summed E-state index contributed by atoms with van der Waals surface area (Å²) in [6, 6.07) is 13.7. The van der Waals surface area contributed by atoms with Gasteiger partial charge in [0.15, 0.2) is 5.11 Å². The van der Waals surface area contributed by atoms with Crippen LogP contribution in [0.4, 0.5) is 11.4 Å². The summed E-state index contributed by atoms with van der Waals surface area (Å²) in [5.41, 5.74) is 2.68. The Kier molecular flexibility index (Phi) is 4.99. The number of carbonyl (C=O) groups is 1. The molecule has 0 aliphatic heterocycles. The van der Waals surface area contributed by atoms with Crippen LogP contribution in [0.5, 0.6) is 0 Å². The van der Waals surface area contributed by atoms with Crippen molar-refractivity contribution in [1.29, 1.82) is 0 Å². The summed E-state index contributed by atoms with van der Waals surface area (Å²) in [6.07, 6.45) is 0. The van der Waals surface area contributed by atoms with Crippen molar-refractivity contribution in [3.63, 3.8) is 0 Å². The number of methoxy groups -OCH3 is 1. The standard InChI is InChI=1S/C19H16N2O4S/c1-11-8-17(22)25-16-10-14(6-7-15(11)16)21-19(26)20-13-5-3-4-12(9-13)18(23)24-2/h3-10H,1-2H3,(H2,20,21,26). The predicted octanol–water partition coefficient (Wildman–Crippen LogP) is 3.70. The van der Waals surface area contributed by atoms with Crippen LogP contribution in [0.2, 0.25) is 0 Å². The number of hydrogen-bond donors (Lipinski definition) is 2. The van der Waals surface area contributed by atoms with Crippen molar-refractivity contribution in [1.82, 2.24) is 0 Å². The van der Waals surface area contributed by atoms with E-state index in [4.69, 9.17) is 21.4 Å². The highest BCUT2D eigenvalue weighted by molar-refractivity contribution is 7.80. The van der Waals surface area contributed by atoms with Crippen molar-refractivity contribution < 1.29 is 13.9 Å². The van der Waals surface area contributed by atoms with Crippen LogP contribution in [0.3, 0.4) is 0 Å². The molecule has 7 heteroatoms. The van der Waals surface area contributed by atoms with Crippen LogP contribution in [0.1, 0.15) is 15.9 Å². The maximum absolute atomic E-state index is 11.6. The summed E-state index contributed by atoms with van der Waals surface area (Å²) in [4.78, 5) is 23.1. The largest absolute Gasteiger partial charge is 0.465 e. The van der Waals surface area contributed by atoms with E-state index in [1.165, 1.54) is 13.2 Å². The molecule has 0 fully saturated rings. The van der Waals surface area contributed by atoms with Gasteiger partial charge in [0.2, 0.25) is 0 Å². The first kappa shape index (κ1) is 17.6. The van der Waals surface area contributed by atoms with Crippen molar-refractivity contribution >= 4 is 45.6 Å². The van der Waals surface area contributed by atoms with Gasteiger partial charge in [0, 0.05) is 28.9 Å². The molecule has 2 N–H and O–H groups in total. The fourth-order valence-corrected chi connectivity index (χ4v) is 2.77. The second kappa shape index (κ2) is 7.37. The molecule has 0 spiro atoms. The first-order valence-corrected chi connectivity index (χ1v) is 8.18. The van der Waals surface area contributed by atoms with Crippen LogP contribution in [0.25, 0.3) is 11.0 Å². The average molecular weight is 368 g/mol. The number of anilines is 2. The molecule has 0 aliphatic carbocycles. The lowest BCUT2D eigenvalue weighted by molar-refractivity contribution is 0.0601. The summed E-state index contributed by atoms with van der Waals surface area (Å²) in [5.74, 6) is -0.424. The highest BCUT2D eigenvalue weighted by atomic mass is 32.1. The van der Waals surface area contributed by atoms with Gasteiger partial charge in [-0.15, -0.1) is 0 Å². The van der Waals surface area contributed by atoms with Crippen molar-refractivity contribution in [2.24, 2.45) is 0 Å². The van der Waals surface area contributed by atoms with E-state index in [1.54, 1.807) is 30.3 Å². The lowest BCUT2D eigenvalue weighted by Crippen LogP contribution is -2.19. The van der Waals surface area contributed by atoms with E-state index in [0.29, 0.717) is 27.6 Å². The molecular weight excluding hydrogens is 352 g/mol. The molecule has 132 valence electrons. The lowest BCUT2D eigenvalue weighted by Gasteiger charge is -2.12. The van der Waals surface area contributed by atoms with E-state index >= 15 is 0 Å². The molecule has 0 radical (unpaired) electrons. The summed E-state index contributed by atoms with van der Waals surface area (Å²) >= 11 is 5.30. The molecule has 0 atom stereocenters. The molecule has 26 heavy (non-hydrogen) atoms. The monoisotopic (exact) mass is 368 g/mol. The zero-order chi connectivity index (χ0) is 18.7. The molecular formula is C19H16N2O4S. The number of thiocarbonyl (C=S) groups is 1. The summed E-state index contributed by atoms with van der Waals surface area (Å²) in [6.45, 7) is 1.85. The van der Waals surface area contributed by atoms with Gasteiger partial charge in [-0.2, -0.15) is 0 Å². The third-order valence-electron chi connectivity index (χ3n) is 3.75. The van der Waals surface area contributed by atoms with Crippen LogP contribution in [-0.4, -0.2) is 18.2 Å².